The smallest absolute Gasteiger partial charge is 0.328 e. The molecule has 6 atom stereocenters. The molecule has 0 aromatic carbocycles. The number of rotatable bonds is 12. The molecule has 0 radical (unpaired) electrons. The third kappa shape index (κ3) is 6.67. The number of carbonyl (C=O) groups excluding carboxylic acids is 1. The molecule has 0 saturated carbocycles. The normalized spacial score (nSPS) is 24.3. The van der Waals surface area contributed by atoms with Crippen LogP contribution in [-0.4, -0.2) is 94.0 Å². The van der Waals surface area contributed by atoms with Crippen LogP contribution in [-0.2, 0) is 36.2 Å². The van der Waals surface area contributed by atoms with Gasteiger partial charge in [0.25, 0.3) is 0 Å². The number of esters is 1. The van der Waals surface area contributed by atoms with Crippen LogP contribution in [0.25, 0.3) is 11.2 Å². The summed E-state index contributed by atoms with van der Waals surface area (Å²) in [6.07, 6.45) is -3.14. The van der Waals surface area contributed by atoms with Crippen molar-refractivity contribution in [2.75, 3.05) is 19.5 Å². The van der Waals surface area contributed by atoms with Crippen molar-refractivity contribution in [2.24, 2.45) is 7.05 Å². The molecule has 7 N–H and O–H groups in total. The summed E-state index contributed by atoms with van der Waals surface area (Å²) in [6, 6.07) is -1.09. The van der Waals surface area contributed by atoms with Gasteiger partial charge >= 0.3 is 18.4 Å². The summed E-state index contributed by atoms with van der Waals surface area (Å²) in [4.78, 5) is 38.9. The number of aliphatic hydroxyl groups excluding tert-OH is 1. The first-order valence-corrected chi connectivity index (χ1v) is 16.2. The molecule has 238 valence electrons. The van der Waals surface area contributed by atoms with Gasteiger partial charge in [0.05, 0.1) is 31.8 Å². The number of nitrogens with zero attached hydrogens (tertiary/aromatic N) is 5. The molecule has 1 fully saturated rings. The molecule has 0 aliphatic carbocycles. The number of hydrogen-bond acceptors (Lipinski definition) is 15. The minimum Gasteiger partial charge on any atom is -0.493 e. The maximum absolute atomic E-state index is 14.0. The van der Waals surface area contributed by atoms with Crippen LogP contribution in [0.1, 0.15) is 39.6 Å². The molecule has 0 amide bonds. The molecule has 0 spiro atoms. The lowest BCUT2D eigenvalue weighted by Gasteiger charge is -2.27. The first-order chi connectivity index (χ1) is 20.1. The van der Waals surface area contributed by atoms with E-state index in [4.69, 9.17) is 24.5 Å². The van der Waals surface area contributed by atoms with Gasteiger partial charge in [0.2, 0.25) is 17.7 Å². The Kier molecular flexibility index (Phi) is 9.46. The van der Waals surface area contributed by atoms with Crippen molar-refractivity contribution >= 4 is 41.2 Å². The Morgan fingerprint density at radius 3 is 2.67 bits per heavy atom. The number of nitrogen functional groups attached to an aromatic ring is 1. The zero-order chi connectivity index (χ0) is 31.9. The van der Waals surface area contributed by atoms with Crippen molar-refractivity contribution in [1.29, 1.82) is 0 Å². The zero-order valence-electron chi connectivity index (χ0n) is 24.2. The topological polar surface area (TPSA) is 251 Å². The quantitative estimate of drug-likeness (QED) is 0.113. The van der Waals surface area contributed by atoms with E-state index in [0.717, 1.165) is 4.57 Å². The Morgan fingerprint density at radius 1 is 1.37 bits per heavy atom. The molecule has 1 saturated heterocycles. The Hall–Kier alpha value is -3.19. The molecule has 4 rings (SSSR count). The molecular weight excluding hydrogens is 611 g/mol. The average Bonchev–Trinajstić information content (AvgIpc) is 3.52. The number of ether oxygens (including phenoxy) is 3. The van der Waals surface area contributed by atoms with Gasteiger partial charge in [-0.2, -0.15) is 9.97 Å². The van der Waals surface area contributed by atoms with Gasteiger partial charge in [-0.3, -0.25) is 23.5 Å². The summed E-state index contributed by atoms with van der Waals surface area (Å²) in [5, 5.41) is 35.0. The van der Waals surface area contributed by atoms with E-state index < -0.39 is 67.1 Å². The van der Waals surface area contributed by atoms with E-state index in [1.165, 1.54) is 38.9 Å². The van der Waals surface area contributed by atoms with Crippen molar-refractivity contribution in [2.45, 2.75) is 69.6 Å². The van der Waals surface area contributed by atoms with Gasteiger partial charge in [0, 0.05) is 12.8 Å². The molecule has 3 aromatic rings. The van der Waals surface area contributed by atoms with E-state index in [-0.39, 0.29) is 34.4 Å². The number of nitrogens with one attached hydrogen (secondary N) is 2. The van der Waals surface area contributed by atoms with Gasteiger partial charge in [0.1, 0.15) is 23.9 Å². The molecule has 1 aliphatic rings. The second-order valence-corrected chi connectivity index (χ2v) is 14.6. The molecule has 43 heavy (non-hydrogen) atoms. The highest BCUT2D eigenvalue weighted by molar-refractivity contribution is 8.55. The number of aliphatic hydroxyl groups is 2. The Morgan fingerprint density at radius 2 is 2.07 bits per heavy atom. The van der Waals surface area contributed by atoms with Crippen LogP contribution >= 0.6 is 18.1 Å². The summed E-state index contributed by atoms with van der Waals surface area (Å²) < 4.78 is 38.6. The largest absolute Gasteiger partial charge is 0.493 e. The minimum atomic E-state index is -4.05. The highest BCUT2D eigenvalue weighted by atomic mass is 32.7. The number of nitrogens with two attached hydrogens (primary N) is 1. The van der Waals surface area contributed by atoms with Crippen molar-refractivity contribution in [3.8, 4) is 11.8 Å². The summed E-state index contributed by atoms with van der Waals surface area (Å²) in [6.45, 7) is 1.52. The lowest BCUT2D eigenvalue weighted by Crippen LogP contribution is -2.44. The SMILES string of the molecule is COc1nc(N)nc2c1ncn2[C@@H]1O[C@H](CO[P@@](=O)(N[C@H](C)C(=O)OC(C)C)SCc2c(O)[nH]c(=O)n2C)[C@@H](O)[C@@]1(C)O. The van der Waals surface area contributed by atoms with E-state index >= 15 is 0 Å². The number of hydrogen-bond donors (Lipinski definition) is 6. The van der Waals surface area contributed by atoms with Crippen LogP contribution in [0.4, 0.5) is 5.95 Å². The predicted molar refractivity (Wildman–Crippen MR) is 153 cm³/mol. The van der Waals surface area contributed by atoms with Crippen molar-refractivity contribution in [3.63, 3.8) is 0 Å². The number of anilines is 1. The van der Waals surface area contributed by atoms with E-state index in [0.29, 0.717) is 11.4 Å². The molecule has 4 heterocycles. The molecule has 18 nitrogen and oxygen atoms in total. The highest BCUT2D eigenvalue weighted by Crippen LogP contribution is 2.58. The molecule has 1 aliphatic heterocycles. The third-order valence-corrected chi connectivity index (χ3v) is 10.6. The molecule has 3 aromatic heterocycles. The number of methoxy groups -OCH3 is 1. The molecular formula is C23H35N8O10PS. The number of aromatic nitrogens is 6. The van der Waals surface area contributed by atoms with Gasteiger partial charge in [-0.1, -0.05) is 0 Å². The van der Waals surface area contributed by atoms with E-state index in [9.17, 15) is 29.5 Å². The number of carbonyl (C=O) groups is 1. The van der Waals surface area contributed by atoms with Gasteiger partial charge in [0.15, 0.2) is 17.4 Å². The van der Waals surface area contributed by atoms with Gasteiger partial charge in [-0.05, 0) is 39.1 Å². The van der Waals surface area contributed by atoms with Crippen molar-refractivity contribution < 1.29 is 43.4 Å². The zero-order valence-corrected chi connectivity index (χ0v) is 26.0. The second kappa shape index (κ2) is 12.4. The summed E-state index contributed by atoms with van der Waals surface area (Å²) in [5.74, 6) is -1.31. The number of aromatic hydroxyl groups is 1. The predicted octanol–water partition coefficient (Wildman–Crippen LogP) is 0.147. The molecule has 0 unspecified atom stereocenters. The fraction of sp³-hybridized carbons (Fsp3) is 0.609. The minimum absolute atomic E-state index is 0.0967. The maximum atomic E-state index is 14.0. The van der Waals surface area contributed by atoms with Gasteiger partial charge < -0.3 is 39.8 Å². The third-order valence-electron chi connectivity index (χ3n) is 6.65. The molecule has 20 heteroatoms. The lowest BCUT2D eigenvalue weighted by molar-refractivity contribution is -0.149. The summed E-state index contributed by atoms with van der Waals surface area (Å²) in [7, 11) is 2.79. The summed E-state index contributed by atoms with van der Waals surface area (Å²) >= 11 is 0.689. The number of fused-ring (bicyclic) bond motifs is 1. The van der Waals surface area contributed by atoms with Crippen LogP contribution in [0.2, 0.25) is 0 Å². The van der Waals surface area contributed by atoms with Crippen molar-refractivity contribution in [1.82, 2.24) is 34.2 Å². The summed E-state index contributed by atoms with van der Waals surface area (Å²) in [5.41, 5.74) is 3.83. The van der Waals surface area contributed by atoms with Gasteiger partial charge in [-0.25, -0.2) is 14.9 Å². The number of aromatic amines is 1. The molecule has 0 bridgehead atoms. The number of imidazole rings is 2. The fourth-order valence-electron chi connectivity index (χ4n) is 4.36. The van der Waals surface area contributed by atoms with E-state index in [1.54, 1.807) is 13.8 Å². The van der Waals surface area contributed by atoms with Crippen LogP contribution in [0.15, 0.2) is 11.1 Å². The monoisotopic (exact) mass is 646 g/mol. The van der Waals surface area contributed by atoms with Gasteiger partial charge in [-0.15, -0.1) is 0 Å². The van der Waals surface area contributed by atoms with Crippen molar-refractivity contribution in [3.05, 3.63) is 22.5 Å². The van der Waals surface area contributed by atoms with Crippen LogP contribution in [0.3, 0.4) is 0 Å². The second-order valence-electron chi connectivity index (χ2n) is 10.3. The average molecular weight is 647 g/mol. The Labute approximate surface area is 249 Å². The lowest BCUT2D eigenvalue weighted by atomic mass is 9.96. The van der Waals surface area contributed by atoms with Crippen LogP contribution in [0, 0.1) is 0 Å². The highest BCUT2D eigenvalue weighted by Gasteiger charge is 2.54. The fourth-order valence-corrected chi connectivity index (χ4v) is 8.11. The first kappa shape index (κ1) is 32.7. The standard InChI is InChI=1S/C23H35N8O10PS/c1-10(2)40-19(34)11(3)29-42(37,43-8-12-17(33)27-22(35)30(12)5)39-7-13-15(32)23(4,36)20(41-13)31-9-25-14-16(31)26-21(24)28-18(14)38-6/h9-11,13,15,20,32-33,36H,7-8H2,1-6H3,(H,27,35)(H,29,37)(H2,24,26,28)/t11-,13-,15-,20-,23-,42+/m1/s1. The van der Waals surface area contributed by atoms with Crippen LogP contribution in [0.5, 0.6) is 11.8 Å². The Bertz CT molecular complexity index is 1590. The van der Waals surface area contributed by atoms with E-state index in [2.05, 4.69) is 25.0 Å². The number of H-pyrrole nitrogens is 1. The first-order valence-electron chi connectivity index (χ1n) is 13.0. The maximum Gasteiger partial charge on any atom is 0.328 e. The van der Waals surface area contributed by atoms with E-state index in [1.807, 2.05) is 0 Å². The Balaban J connectivity index is 1.57. The van der Waals surface area contributed by atoms with Crippen LogP contribution < -0.4 is 21.2 Å².